The van der Waals surface area contributed by atoms with Crippen LogP contribution in [-0.2, 0) is 6.42 Å². The van der Waals surface area contributed by atoms with Gasteiger partial charge in [-0.2, -0.15) is 4.98 Å². The van der Waals surface area contributed by atoms with Crippen molar-refractivity contribution in [1.29, 1.82) is 0 Å². The molecule has 5 heteroatoms. The highest BCUT2D eigenvalue weighted by molar-refractivity contribution is 5.38. The first-order valence-electron chi connectivity index (χ1n) is 7.49. The van der Waals surface area contributed by atoms with Gasteiger partial charge in [0, 0.05) is 12.6 Å². The highest BCUT2D eigenvalue weighted by Crippen LogP contribution is 2.14. The van der Waals surface area contributed by atoms with Crippen LogP contribution in [-0.4, -0.2) is 23.1 Å². The van der Waals surface area contributed by atoms with Crippen molar-refractivity contribution in [3.63, 3.8) is 0 Å². The Kier molecular flexibility index (Phi) is 5.69. The molecular formula is C17H22FN3O. The van der Waals surface area contributed by atoms with E-state index in [1.165, 1.54) is 12.1 Å². The second-order valence-corrected chi connectivity index (χ2v) is 5.65. The molecule has 0 saturated carbocycles. The molecule has 0 spiro atoms. The van der Waals surface area contributed by atoms with E-state index in [1.807, 2.05) is 6.92 Å². The minimum atomic E-state index is -0.213. The Hall–Kier alpha value is -2.17. The summed E-state index contributed by atoms with van der Waals surface area (Å²) in [4.78, 5) is 8.61. The standard InChI is InChI=1S/C17H22FN3O/c1-12(2)11-22-17-10-16(20-13(3)21-17)19-9-8-14-4-6-15(18)7-5-14/h4-7,10,12H,8-9,11H2,1-3H3,(H,19,20,21). The van der Waals surface area contributed by atoms with Crippen LogP contribution in [0.1, 0.15) is 25.2 Å². The van der Waals surface area contributed by atoms with Crippen molar-refractivity contribution in [2.45, 2.75) is 27.2 Å². The number of nitrogens with zero attached hydrogens (tertiary/aromatic N) is 2. The van der Waals surface area contributed by atoms with Gasteiger partial charge in [0.2, 0.25) is 5.88 Å². The third-order valence-corrected chi connectivity index (χ3v) is 3.01. The van der Waals surface area contributed by atoms with Gasteiger partial charge >= 0.3 is 0 Å². The smallest absolute Gasteiger partial charge is 0.218 e. The number of hydrogen-bond donors (Lipinski definition) is 1. The summed E-state index contributed by atoms with van der Waals surface area (Å²) in [5.41, 5.74) is 1.08. The molecule has 0 bridgehead atoms. The fraction of sp³-hybridized carbons (Fsp3) is 0.412. The van der Waals surface area contributed by atoms with Crippen LogP contribution < -0.4 is 10.1 Å². The van der Waals surface area contributed by atoms with Gasteiger partial charge in [-0.25, -0.2) is 9.37 Å². The summed E-state index contributed by atoms with van der Waals surface area (Å²) in [7, 11) is 0. The second kappa shape index (κ2) is 7.73. The average molecular weight is 303 g/mol. The lowest BCUT2D eigenvalue weighted by Crippen LogP contribution is -2.10. The van der Waals surface area contributed by atoms with E-state index in [2.05, 4.69) is 29.1 Å². The summed E-state index contributed by atoms with van der Waals surface area (Å²) >= 11 is 0. The van der Waals surface area contributed by atoms with Gasteiger partial charge in [-0.1, -0.05) is 26.0 Å². The van der Waals surface area contributed by atoms with Crippen LogP contribution in [0.25, 0.3) is 0 Å². The Morgan fingerprint density at radius 2 is 1.91 bits per heavy atom. The van der Waals surface area contributed by atoms with Crippen LogP contribution >= 0.6 is 0 Å². The van der Waals surface area contributed by atoms with Crippen LogP contribution in [0.4, 0.5) is 10.2 Å². The minimum Gasteiger partial charge on any atom is -0.477 e. The number of benzene rings is 1. The number of aromatic nitrogens is 2. The maximum atomic E-state index is 12.8. The van der Waals surface area contributed by atoms with Crippen LogP contribution in [0.3, 0.4) is 0 Å². The number of nitrogens with one attached hydrogen (secondary N) is 1. The zero-order chi connectivity index (χ0) is 15.9. The van der Waals surface area contributed by atoms with Gasteiger partial charge in [0.25, 0.3) is 0 Å². The number of rotatable bonds is 7. The Labute approximate surface area is 130 Å². The normalized spacial score (nSPS) is 10.8. The first kappa shape index (κ1) is 16.2. The number of anilines is 1. The summed E-state index contributed by atoms with van der Waals surface area (Å²) in [6.07, 6.45) is 0.797. The predicted octanol–water partition coefficient (Wildman–Crippen LogP) is 3.61. The van der Waals surface area contributed by atoms with E-state index in [1.54, 1.807) is 18.2 Å². The minimum absolute atomic E-state index is 0.213. The zero-order valence-corrected chi connectivity index (χ0v) is 13.3. The molecule has 0 atom stereocenters. The maximum Gasteiger partial charge on any atom is 0.218 e. The first-order chi connectivity index (χ1) is 10.5. The van der Waals surface area contributed by atoms with Gasteiger partial charge in [-0.15, -0.1) is 0 Å². The molecule has 1 aromatic heterocycles. The van der Waals surface area contributed by atoms with E-state index >= 15 is 0 Å². The molecule has 0 amide bonds. The van der Waals surface area contributed by atoms with Crippen LogP contribution in [0.5, 0.6) is 5.88 Å². The summed E-state index contributed by atoms with van der Waals surface area (Å²) in [6, 6.07) is 8.34. The molecule has 1 aromatic carbocycles. The molecule has 1 heterocycles. The van der Waals surface area contributed by atoms with Gasteiger partial charge in [0.05, 0.1) is 6.61 Å². The Balaban J connectivity index is 1.90. The van der Waals surface area contributed by atoms with Crippen molar-refractivity contribution in [3.8, 4) is 5.88 Å². The number of halogens is 1. The second-order valence-electron chi connectivity index (χ2n) is 5.65. The highest BCUT2D eigenvalue weighted by Gasteiger charge is 2.04. The predicted molar refractivity (Wildman–Crippen MR) is 85.7 cm³/mol. The molecule has 4 nitrogen and oxygen atoms in total. The summed E-state index contributed by atoms with van der Waals surface area (Å²) < 4.78 is 18.5. The van der Waals surface area contributed by atoms with E-state index < -0.39 is 0 Å². The molecule has 0 fully saturated rings. The van der Waals surface area contributed by atoms with E-state index in [0.29, 0.717) is 30.8 Å². The molecule has 2 aromatic rings. The number of ether oxygens (including phenoxy) is 1. The molecule has 22 heavy (non-hydrogen) atoms. The Bertz CT molecular complexity index is 599. The molecule has 0 saturated heterocycles. The molecule has 0 aliphatic heterocycles. The monoisotopic (exact) mass is 303 g/mol. The third-order valence-electron chi connectivity index (χ3n) is 3.01. The number of aryl methyl sites for hydroxylation is 1. The quantitative estimate of drug-likeness (QED) is 0.848. The van der Waals surface area contributed by atoms with Crippen LogP contribution in [0, 0.1) is 18.7 Å². The van der Waals surface area contributed by atoms with Crippen molar-refractivity contribution >= 4 is 5.82 Å². The Morgan fingerprint density at radius 3 is 2.59 bits per heavy atom. The summed E-state index contributed by atoms with van der Waals surface area (Å²) in [6.45, 7) is 7.37. The molecule has 0 aliphatic rings. The molecule has 118 valence electrons. The molecule has 2 rings (SSSR count). The van der Waals surface area contributed by atoms with Crippen molar-refractivity contribution in [2.75, 3.05) is 18.5 Å². The van der Waals surface area contributed by atoms with Gasteiger partial charge in [0.1, 0.15) is 17.5 Å². The van der Waals surface area contributed by atoms with Gasteiger partial charge in [0.15, 0.2) is 0 Å². The first-order valence-corrected chi connectivity index (χ1v) is 7.49. The topological polar surface area (TPSA) is 47.0 Å². The van der Waals surface area contributed by atoms with E-state index in [-0.39, 0.29) is 5.82 Å². The lowest BCUT2D eigenvalue weighted by atomic mass is 10.1. The fourth-order valence-corrected chi connectivity index (χ4v) is 1.94. The highest BCUT2D eigenvalue weighted by atomic mass is 19.1. The Morgan fingerprint density at radius 1 is 1.18 bits per heavy atom. The van der Waals surface area contributed by atoms with Gasteiger partial charge in [-0.05, 0) is 37.0 Å². The number of hydrogen-bond acceptors (Lipinski definition) is 4. The van der Waals surface area contributed by atoms with Crippen molar-refractivity contribution in [1.82, 2.24) is 9.97 Å². The average Bonchev–Trinajstić information content (AvgIpc) is 2.47. The molecule has 0 radical (unpaired) electrons. The lowest BCUT2D eigenvalue weighted by Gasteiger charge is -2.11. The maximum absolute atomic E-state index is 12.8. The largest absolute Gasteiger partial charge is 0.477 e. The fourth-order valence-electron chi connectivity index (χ4n) is 1.94. The van der Waals surface area contributed by atoms with E-state index in [0.717, 1.165) is 17.8 Å². The third kappa shape index (κ3) is 5.31. The van der Waals surface area contributed by atoms with Crippen LogP contribution in [0.15, 0.2) is 30.3 Å². The van der Waals surface area contributed by atoms with Crippen molar-refractivity contribution in [3.05, 3.63) is 47.5 Å². The summed E-state index contributed by atoms with van der Waals surface area (Å²) in [5, 5.41) is 3.25. The van der Waals surface area contributed by atoms with E-state index in [4.69, 9.17) is 4.74 Å². The molecular weight excluding hydrogens is 281 g/mol. The lowest BCUT2D eigenvalue weighted by molar-refractivity contribution is 0.260. The van der Waals surface area contributed by atoms with Gasteiger partial charge < -0.3 is 10.1 Å². The van der Waals surface area contributed by atoms with Crippen molar-refractivity contribution < 1.29 is 9.13 Å². The molecule has 0 unspecified atom stereocenters. The molecule has 0 aliphatic carbocycles. The summed E-state index contributed by atoms with van der Waals surface area (Å²) in [5.74, 6) is 2.24. The van der Waals surface area contributed by atoms with Crippen molar-refractivity contribution in [2.24, 2.45) is 5.92 Å². The van der Waals surface area contributed by atoms with E-state index in [9.17, 15) is 4.39 Å². The van der Waals surface area contributed by atoms with Crippen LogP contribution in [0.2, 0.25) is 0 Å². The SMILES string of the molecule is Cc1nc(NCCc2ccc(F)cc2)cc(OCC(C)C)n1. The molecule has 1 N–H and O–H groups in total. The zero-order valence-electron chi connectivity index (χ0n) is 13.3. The van der Waals surface area contributed by atoms with Gasteiger partial charge in [-0.3, -0.25) is 0 Å².